The first-order valence-electron chi connectivity index (χ1n) is 10.6. The van der Waals surface area contributed by atoms with Crippen molar-refractivity contribution in [1.29, 1.82) is 0 Å². The Hall–Kier alpha value is -3.30. The molecule has 2 N–H and O–H groups in total. The molecule has 2 aromatic carbocycles. The highest BCUT2D eigenvalue weighted by atomic mass is 19.1. The van der Waals surface area contributed by atoms with Gasteiger partial charge in [0.2, 0.25) is 12.0 Å². The number of halogens is 1. The van der Waals surface area contributed by atoms with E-state index in [2.05, 4.69) is 20.7 Å². The van der Waals surface area contributed by atoms with Crippen LogP contribution in [0.3, 0.4) is 0 Å². The van der Waals surface area contributed by atoms with E-state index < -0.39 is 17.8 Å². The second kappa shape index (κ2) is 10.3. The normalized spacial score (nSPS) is 18.5. The number of nitrogens with one attached hydrogen (secondary N) is 2. The number of rotatable bonds is 7. The summed E-state index contributed by atoms with van der Waals surface area (Å²) in [6, 6.07) is 13.5. The third-order valence-corrected chi connectivity index (χ3v) is 5.34. The van der Waals surface area contributed by atoms with Gasteiger partial charge in [0.25, 0.3) is 5.91 Å². The first-order chi connectivity index (χ1) is 15.6. The number of oxime groups is 1. The zero-order chi connectivity index (χ0) is 22.3. The molecular weight excluding hydrogens is 415 g/mol. The van der Waals surface area contributed by atoms with Crippen LogP contribution in [-0.4, -0.2) is 61.4 Å². The van der Waals surface area contributed by atoms with Crippen LogP contribution < -0.4 is 10.6 Å². The predicted octanol–water partition coefficient (Wildman–Crippen LogP) is 2.62. The fourth-order valence-corrected chi connectivity index (χ4v) is 3.54. The van der Waals surface area contributed by atoms with Gasteiger partial charge in [-0.15, -0.1) is 0 Å². The molecule has 32 heavy (non-hydrogen) atoms. The standard InChI is InChI=1S/C23H25FN4O4/c24-18-7-6-17(14-20(18)26-22(29)8-9-28-10-12-31-13-11-28)25-23(30)21-15-19(27-32-21)16-4-2-1-3-5-16/h1-7,14,21H,8-13,15H2,(H,25,30)(H,26,29). The van der Waals surface area contributed by atoms with Gasteiger partial charge in [-0.2, -0.15) is 0 Å². The number of carbonyl (C=O) groups excluding carboxylic acids is 2. The number of ether oxygens (including phenoxy) is 1. The molecule has 0 radical (unpaired) electrons. The van der Waals surface area contributed by atoms with Crippen LogP contribution >= 0.6 is 0 Å². The van der Waals surface area contributed by atoms with Gasteiger partial charge in [0, 0.05) is 38.2 Å². The number of morpholine rings is 1. The summed E-state index contributed by atoms with van der Waals surface area (Å²) in [5.74, 6) is -1.26. The number of nitrogens with zero attached hydrogens (tertiary/aromatic N) is 2. The van der Waals surface area contributed by atoms with Crippen molar-refractivity contribution < 1.29 is 23.6 Å². The molecule has 0 saturated carbocycles. The lowest BCUT2D eigenvalue weighted by Gasteiger charge is -2.26. The minimum atomic E-state index is -0.776. The van der Waals surface area contributed by atoms with Crippen molar-refractivity contribution in [3.05, 3.63) is 59.9 Å². The Labute approximate surface area is 185 Å². The van der Waals surface area contributed by atoms with Gasteiger partial charge in [-0.3, -0.25) is 14.5 Å². The van der Waals surface area contributed by atoms with Gasteiger partial charge in [-0.1, -0.05) is 35.5 Å². The van der Waals surface area contributed by atoms with Crippen LogP contribution in [0.5, 0.6) is 0 Å². The fraction of sp³-hybridized carbons (Fsp3) is 0.348. The number of anilines is 2. The number of hydrogen-bond acceptors (Lipinski definition) is 6. The van der Waals surface area contributed by atoms with Crippen LogP contribution in [0, 0.1) is 5.82 Å². The van der Waals surface area contributed by atoms with Crippen LogP contribution in [0.2, 0.25) is 0 Å². The molecule has 168 valence electrons. The van der Waals surface area contributed by atoms with Crippen molar-refractivity contribution in [2.24, 2.45) is 5.16 Å². The summed E-state index contributed by atoms with van der Waals surface area (Å²) < 4.78 is 19.5. The summed E-state index contributed by atoms with van der Waals surface area (Å²) >= 11 is 0. The Bertz CT molecular complexity index is 993. The van der Waals surface area contributed by atoms with Crippen molar-refractivity contribution in [2.45, 2.75) is 18.9 Å². The smallest absolute Gasteiger partial charge is 0.268 e. The van der Waals surface area contributed by atoms with Gasteiger partial charge in [0.05, 0.1) is 24.6 Å². The monoisotopic (exact) mass is 440 g/mol. The Kier molecular flexibility index (Phi) is 7.08. The molecule has 1 unspecified atom stereocenters. The molecule has 9 heteroatoms. The minimum Gasteiger partial charge on any atom is -0.382 e. The molecule has 2 aromatic rings. The molecule has 0 aliphatic carbocycles. The molecule has 2 amide bonds. The average Bonchev–Trinajstić information content (AvgIpc) is 3.32. The molecule has 0 spiro atoms. The fourth-order valence-electron chi connectivity index (χ4n) is 3.54. The summed E-state index contributed by atoms with van der Waals surface area (Å²) in [5, 5.41) is 9.29. The van der Waals surface area contributed by atoms with Gasteiger partial charge in [-0.05, 0) is 23.8 Å². The number of carbonyl (C=O) groups is 2. The maximum Gasteiger partial charge on any atom is 0.268 e. The van der Waals surface area contributed by atoms with E-state index in [0.29, 0.717) is 37.6 Å². The Morgan fingerprint density at radius 3 is 2.66 bits per heavy atom. The van der Waals surface area contributed by atoms with Crippen molar-refractivity contribution >= 4 is 28.9 Å². The zero-order valence-corrected chi connectivity index (χ0v) is 17.6. The van der Waals surface area contributed by atoms with E-state index in [1.54, 1.807) is 0 Å². The summed E-state index contributed by atoms with van der Waals surface area (Å²) in [7, 11) is 0. The molecule has 1 saturated heterocycles. The third-order valence-electron chi connectivity index (χ3n) is 5.34. The molecule has 1 atom stereocenters. The highest BCUT2D eigenvalue weighted by molar-refractivity contribution is 6.06. The molecule has 1 fully saturated rings. The van der Waals surface area contributed by atoms with Crippen molar-refractivity contribution in [3.8, 4) is 0 Å². The van der Waals surface area contributed by atoms with Crippen LogP contribution in [0.15, 0.2) is 53.7 Å². The highest BCUT2D eigenvalue weighted by Gasteiger charge is 2.29. The maximum atomic E-state index is 14.2. The van der Waals surface area contributed by atoms with Gasteiger partial charge >= 0.3 is 0 Å². The van der Waals surface area contributed by atoms with E-state index in [-0.39, 0.29) is 18.0 Å². The lowest BCUT2D eigenvalue weighted by molar-refractivity contribution is -0.125. The van der Waals surface area contributed by atoms with E-state index in [9.17, 15) is 14.0 Å². The van der Waals surface area contributed by atoms with Crippen LogP contribution in [0.4, 0.5) is 15.8 Å². The molecule has 2 aliphatic rings. The van der Waals surface area contributed by atoms with Gasteiger partial charge < -0.3 is 20.2 Å². The van der Waals surface area contributed by atoms with Crippen LogP contribution in [0.25, 0.3) is 0 Å². The van der Waals surface area contributed by atoms with E-state index in [4.69, 9.17) is 9.57 Å². The SMILES string of the molecule is O=C(CCN1CCOCC1)Nc1cc(NC(=O)C2CC(c3ccccc3)=NO2)ccc1F. The predicted molar refractivity (Wildman–Crippen MR) is 118 cm³/mol. The molecule has 2 heterocycles. The molecule has 8 nitrogen and oxygen atoms in total. The first kappa shape index (κ1) is 21.9. The zero-order valence-electron chi connectivity index (χ0n) is 17.6. The van der Waals surface area contributed by atoms with E-state index >= 15 is 0 Å². The van der Waals surface area contributed by atoms with E-state index in [0.717, 1.165) is 18.7 Å². The summed E-state index contributed by atoms with van der Waals surface area (Å²) in [4.78, 5) is 32.3. The second-order valence-corrected chi connectivity index (χ2v) is 7.64. The highest BCUT2D eigenvalue weighted by Crippen LogP contribution is 2.22. The number of benzene rings is 2. The third kappa shape index (κ3) is 5.68. The molecule has 0 aromatic heterocycles. The second-order valence-electron chi connectivity index (χ2n) is 7.64. The largest absolute Gasteiger partial charge is 0.382 e. The quantitative estimate of drug-likeness (QED) is 0.691. The van der Waals surface area contributed by atoms with E-state index in [1.807, 2.05) is 30.3 Å². The summed E-state index contributed by atoms with van der Waals surface area (Å²) in [6.45, 7) is 3.45. The van der Waals surface area contributed by atoms with Crippen molar-refractivity contribution in [2.75, 3.05) is 43.5 Å². The lowest BCUT2D eigenvalue weighted by atomic mass is 10.0. The van der Waals surface area contributed by atoms with Crippen LogP contribution in [0.1, 0.15) is 18.4 Å². The minimum absolute atomic E-state index is 0.0170. The van der Waals surface area contributed by atoms with Crippen LogP contribution in [-0.2, 0) is 19.2 Å². The van der Waals surface area contributed by atoms with Gasteiger partial charge in [0.1, 0.15) is 5.82 Å². The number of amides is 2. The topological polar surface area (TPSA) is 92.3 Å². The van der Waals surface area contributed by atoms with Crippen molar-refractivity contribution in [1.82, 2.24) is 4.90 Å². The molecule has 4 rings (SSSR count). The first-order valence-corrected chi connectivity index (χ1v) is 10.6. The van der Waals surface area contributed by atoms with Crippen molar-refractivity contribution in [3.63, 3.8) is 0 Å². The lowest BCUT2D eigenvalue weighted by Crippen LogP contribution is -2.38. The molecule has 2 aliphatic heterocycles. The number of hydrogen-bond donors (Lipinski definition) is 2. The maximum absolute atomic E-state index is 14.2. The van der Waals surface area contributed by atoms with Gasteiger partial charge in [-0.25, -0.2) is 4.39 Å². The Balaban J connectivity index is 1.30. The Morgan fingerprint density at radius 2 is 1.88 bits per heavy atom. The molecule has 0 bridgehead atoms. The average molecular weight is 440 g/mol. The summed E-state index contributed by atoms with van der Waals surface area (Å²) in [6.07, 6.45) is -0.199. The molecular formula is C23H25FN4O4. The Morgan fingerprint density at radius 1 is 1.09 bits per heavy atom. The van der Waals surface area contributed by atoms with Gasteiger partial charge in [0.15, 0.2) is 0 Å². The van der Waals surface area contributed by atoms with E-state index in [1.165, 1.54) is 18.2 Å². The summed E-state index contributed by atoms with van der Waals surface area (Å²) in [5.41, 5.74) is 1.96.